The highest BCUT2D eigenvalue weighted by atomic mass is 16.5. The number of anilines is 1. The Hall–Kier alpha value is -2.17. The van der Waals surface area contributed by atoms with E-state index in [1.165, 1.54) is 0 Å². The van der Waals surface area contributed by atoms with Gasteiger partial charge in [0.2, 0.25) is 5.88 Å². The summed E-state index contributed by atoms with van der Waals surface area (Å²) in [6, 6.07) is 5.57. The number of pyridine rings is 1. The van der Waals surface area contributed by atoms with Crippen LogP contribution in [-0.4, -0.2) is 22.1 Å². The molecule has 0 amide bonds. The van der Waals surface area contributed by atoms with Crippen molar-refractivity contribution in [1.82, 2.24) is 15.0 Å². The minimum Gasteiger partial charge on any atom is -0.481 e. The monoisotopic (exact) mass is 244 g/mol. The van der Waals surface area contributed by atoms with Crippen LogP contribution in [0, 0.1) is 0 Å². The lowest BCUT2D eigenvalue weighted by Gasteiger charge is -2.05. The van der Waals surface area contributed by atoms with Gasteiger partial charge in [-0.2, -0.15) is 0 Å². The van der Waals surface area contributed by atoms with Gasteiger partial charge < -0.3 is 10.5 Å². The largest absolute Gasteiger partial charge is 0.481 e. The van der Waals surface area contributed by atoms with E-state index in [0.29, 0.717) is 18.1 Å². The van der Waals surface area contributed by atoms with Crippen molar-refractivity contribution in [3.8, 4) is 5.88 Å². The third kappa shape index (κ3) is 2.94. The molecule has 0 atom stereocenters. The van der Waals surface area contributed by atoms with Gasteiger partial charge in [0.25, 0.3) is 0 Å². The first-order chi connectivity index (χ1) is 8.71. The molecule has 0 saturated carbocycles. The fourth-order valence-electron chi connectivity index (χ4n) is 1.65. The Morgan fingerprint density at radius 3 is 2.72 bits per heavy atom. The minimum absolute atomic E-state index is 0.512. The third-order valence-corrected chi connectivity index (χ3v) is 2.58. The normalized spacial score (nSPS) is 10.3. The smallest absolute Gasteiger partial charge is 0.212 e. The molecule has 2 aromatic rings. The number of rotatable bonds is 4. The van der Waals surface area contributed by atoms with Gasteiger partial charge in [0.15, 0.2) is 0 Å². The van der Waals surface area contributed by atoms with Crippen LogP contribution in [0.5, 0.6) is 5.88 Å². The Morgan fingerprint density at radius 1 is 1.28 bits per heavy atom. The first-order valence-corrected chi connectivity index (χ1v) is 5.82. The minimum atomic E-state index is 0.512. The standard InChI is InChI=1S/C13H16N4O/c1-3-10-7-11(14)17-12(16-10)6-9-4-5-13(18-2)15-8-9/h4-5,7-8H,3,6H2,1-2H3,(H2,14,16,17). The number of nitrogens with two attached hydrogens (primary N) is 1. The zero-order valence-corrected chi connectivity index (χ0v) is 10.6. The van der Waals surface area contributed by atoms with Crippen molar-refractivity contribution in [2.45, 2.75) is 19.8 Å². The summed E-state index contributed by atoms with van der Waals surface area (Å²) in [4.78, 5) is 12.8. The molecule has 2 heterocycles. The summed E-state index contributed by atoms with van der Waals surface area (Å²) in [6.45, 7) is 2.04. The molecule has 18 heavy (non-hydrogen) atoms. The number of hydrogen-bond donors (Lipinski definition) is 1. The van der Waals surface area contributed by atoms with E-state index in [1.807, 2.05) is 19.1 Å². The summed E-state index contributed by atoms with van der Waals surface area (Å²) in [5, 5.41) is 0. The molecule has 0 radical (unpaired) electrons. The number of aryl methyl sites for hydroxylation is 1. The van der Waals surface area contributed by atoms with Crippen molar-refractivity contribution >= 4 is 5.82 Å². The average Bonchev–Trinajstić information content (AvgIpc) is 2.39. The van der Waals surface area contributed by atoms with Crippen LogP contribution < -0.4 is 10.5 Å². The molecule has 0 fully saturated rings. The van der Waals surface area contributed by atoms with Crippen LogP contribution in [0.1, 0.15) is 24.0 Å². The molecule has 0 spiro atoms. The van der Waals surface area contributed by atoms with Gasteiger partial charge in [-0.3, -0.25) is 0 Å². The maximum atomic E-state index is 5.75. The zero-order valence-electron chi connectivity index (χ0n) is 10.6. The van der Waals surface area contributed by atoms with Gasteiger partial charge in [-0.05, 0) is 12.0 Å². The second kappa shape index (κ2) is 5.44. The van der Waals surface area contributed by atoms with Crippen LogP contribution in [0.4, 0.5) is 5.82 Å². The van der Waals surface area contributed by atoms with Crippen molar-refractivity contribution in [3.63, 3.8) is 0 Å². The Labute approximate surface area is 106 Å². The molecule has 2 N–H and O–H groups in total. The molecule has 2 rings (SSSR count). The van der Waals surface area contributed by atoms with Gasteiger partial charge in [-0.1, -0.05) is 13.0 Å². The maximum absolute atomic E-state index is 5.75. The predicted molar refractivity (Wildman–Crippen MR) is 69.4 cm³/mol. The molecule has 0 aliphatic heterocycles. The van der Waals surface area contributed by atoms with E-state index in [9.17, 15) is 0 Å². The molecule has 5 heteroatoms. The molecule has 0 bridgehead atoms. The quantitative estimate of drug-likeness (QED) is 0.884. The first-order valence-electron chi connectivity index (χ1n) is 5.82. The Bertz CT molecular complexity index is 525. The van der Waals surface area contributed by atoms with Gasteiger partial charge in [-0.25, -0.2) is 15.0 Å². The second-order valence-corrected chi connectivity index (χ2v) is 3.94. The van der Waals surface area contributed by atoms with E-state index < -0.39 is 0 Å². The molecule has 0 aliphatic rings. The topological polar surface area (TPSA) is 73.9 Å². The van der Waals surface area contributed by atoms with Crippen LogP contribution in [0.25, 0.3) is 0 Å². The van der Waals surface area contributed by atoms with E-state index in [-0.39, 0.29) is 0 Å². The molecule has 0 saturated heterocycles. The number of ether oxygens (including phenoxy) is 1. The van der Waals surface area contributed by atoms with E-state index >= 15 is 0 Å². The average molecular weight is 244 g/mol. The summed E-state index contributed by atoms with van der Waals surface area (Å²) >= 11 is 0. The molecule has 94 valence electrons. The number of hydrogen-bond acceptors (Lipinski definition) is 5. The van der Waals surface area contributed by atoms with Crippen LogP contribution in [0.3, 0.4) is 0 Å². The molecule has 2 aromatic heterocycles. The van der Waals surface area contributed by atoms with Crippen molar-refractivity contribution in [2.24, 2.45) is 0 Å². The van der Waals surface area contributed by atoms with Crippen LogP contribution in [0.2, 0.25) is 0 Å². The van der Waals surface area contributed by atoms with Crippen LogP contribution in [0.15, 0.2) is 24.4 Å². The SMILES string of the molecule is CCc1cc(N)nc(Cc2ccc(OC)nc2)n1. The van der Waals surface area contributed by atoms with Crippen LogP contribution >= 0.6 is 0 Å². The lowest BCUT2D eigenvalue weighted by atomic mass is 10.2. The van der Waals surface area contributed by atoms with E-state index in [1.54, 1.807) is 19.4 Å². The third-order valence-electron chi connectivity index (χ3n) is 2.58. The fourth-order valence-corrected chi connectivity index (χ4v) is 1.65. The van der Waals surface area contributed by atoms with Gasteiger partial charge >= 0.3 is 0 Å². The summed E-state index contributed by atoms with van der Waals surface area (Å²) < 4.78 is 5.01. The maximum Gasteiger partial charge on any atom is 0.212 e. The van der Waals surface area contributed by atoms with Crippen molar-refractivity contribution in [2.75, 3.05) is 12.8 Å². The molecule has 5 nitrogen and oxygen atoms in total. The summed E-state index contributed by atoms with van der Waals surface area (Å²) in [5.41, 5.74) is 7.74. The first kappa shape index (κ1) is 12.3. The highest BCUT2D eigenvalue weighted by Gasteiger charge is 2.04. The Morgan fingerprint density at radius 2 is 2.11 bits per heavy atom. The molecular weight excluding hydrogens is 228 g/mol. The van der Waals surface area contributed by atoms with Crippen LogP contribution in [-0.2, 0) is 12.8 Å². The fraction of sp³-hybridized carbons (Fsp3) is 0.308. The lowest BCUT2D eigenvalue weighted by molar-refractivity contribution is 0.397. The number of nitrogens with zero attached hydrogens (tertiary/aromatic N) is 3. The number of methoxy groups -OCH3 is 1. The summed E-state index contributed by atoms with van der Waals surface area (Å²) in [6.07, 6.45) is 3.23. The highest BCUT2D eigenvalue weighted by molar-refractivity contribution is 5.31. The predicted octanol–water partition coefficient (Wildman–Crippen LogP) is 1.62. The van der Waals surface area contributed by atoms with E-state index in [2.05, 4.69) is 15.0 Å². The molecule has 0 aliphatic carbocycles. The van der Waals surface area contributed by atoms with Gasteiger partial charge in [0.05, 0.1) is 7.11 Å². The molecular formula is C13H16N4O. The molecule has 0 aromatic carbocycles. The van der Waals surface area contributed by atoms with Gasteiger partial charge in [0.1, 0.15) is 11.6 Å². The Balaban J connectivity index is 2.19. The zero-order chi connectivity index (χ0) is 13.0. The Kier molecular flexibility index (Phi) is 3.72. The van der Waals surface area contributed by atoms with Crippen molar-refractivity contribution in [1.29, 1.82) is 0 Å². The molecule has 0 unspecified atom stereocenters. The number of nitrogen functional groups attached to an aromatic ring is 1. The highest BCUT2D eigenvalue weighted by Crippen LogP contribution is 2.11. The van der Waals surface area contributed by atoms with E-state index in [4.69, 9.17) is 10.5 Å². The van der Waals surface area contributed by atoms with Gasteiger partial charge in [-0.15, -0.1) is 0 Å². The van der Waals surface area contributed by atoms with Gasteiger partial charge in [0, 0.05) is 30.4 Å². The van der Waals surface area contributed by atoms with E-state index in [0.717, 1.165) is 23.5 Å². The van der Waals surface area contributed by atoms with Crippen molar-refractivity contribution < 1.29 is 4.74 Å². The second-order valence-electron chi connectivity index (χ2n) is 3.94. The van der Waals surface area contributed by atoms with Crippen molar-refractivity contribution in [3.05, 3.63) is 41.5 Å². The lowest BCUT2D eigenvalue weighted by Crippen LogP contribution is -2.04. The summed E-state index contributed by atoms with van der Waals surface area (Å²) in [7, 11) is 1.59. The summed E-state index contributed by atoms with van der Waals surface area (Å²) in [5.74, 6) is 1.83. The number of aromatic nitrogens is 3.